The summed E-state index contributed by atoms with van der Waals surface area (Å²) in [5.41, 5.74) is 1.51. The summed E-state index contributed by atoms with van der Waals surface area (Å²) in [6.45, 7) is 10.3. The number of nitrogens with zero attached hydrogens (tertiary/aromatic N) is 1. The van der Waals surface area contributed by atoms with Crippen molar-refractivity contribution in [1.82, 2.24) is 4.90 Å². The molecule has 16 heavy (non-hydrogen) atoms. The highest BCUT2D eigenvalue weighted by Gasteiger charge is 2.24. The van der Waals surface area contributed by atoms with Gasteiger partial charge in [0.15, 0.2) is 0 Å². The highest BCUT2D eigenvalue weighted by Crippen LogP contribution is 2.26. The van der Waals surface area contributed by atoms with Crippen molar-refractivity contribution in [2.45, 2.75) is 39.7 Å². The minimum Gasteiger partial charge on any atom is -0.297 e. The Balaban J connectivity index is 2.69. The van der Waals surface area contributed by atoms with Crippen molar-refractivity contribution in [3.63, 3.8) is 0 Å². The number of hydrogen-bond acceptors (Lipinski definition) is 1. The van der Waals surface area contributed by atoms with Crippen molar-refractivity contribution in [3.8, 4) is 0 Å². The standard InChI is InChI=1S/C15H25N/c1-13(2)11-12-16(5)15(3,4)14-9-7-6-8-10-14/h6-10,13H,11-12H2,1-5H3. The molecular formula is C15H25N. The fraction of sp³-hybridized carbons (Fsp3) is 0.600. The highest BCUT2D eigenvalue weighted by atomic mass is 15.2. The zero-order valence-corrected chi connectivity index (χ0v) is 11.3. The van der Waals surface area contributed by atoms with Gasteiger partial charge in [0.05, 0.1) is 0 Å². The lowest BCUT2D eigenvalue weighted by atomic mass is 9.92. The Morgan fingerprint density at radius 3 is 2.19 bits per heavy atom. The Morgan fingerprint density at radius 1 is 1.12 bits per heavy atom. The molecule has 0 saturated heterocycles. The van der Waals surface area contributed by atoms with Gasteiger partial charge in [0.1, 0.15) is 0 Å². The third kappa shape index (κ3) is 3.34. The molecule has 1 aromatic carbocycles. The van der Waals surface area contributed by atoms with E-state index in [2.05, 4.69) is 70.0 Å². The first-order valence-corrected chi connectivity index (χ1v) is 6.21. The minimum absolute atomic E-state index is 0.121. The van der Waals surface area contributed by atoms with Crippen LogP contribution in [0.1, 0.15) is 39.7 Å². The molecular weight excluding hydrogens is 194 g/mol. The average molecular weight is 219 g/mol. The van der Waals surface area contributed by atoms with Crippen LogP contribution in [0.15, 0.2) is 30.3 Å². The summed E-state index contributed by atoms with van der Waals surface area (Å²) in [4.78, 5) is 2.45. The molecule has 1 rings (SSSR count). The molecule has 1 nitrogen and oxygen atoms in total. The lowest BCUT2D eigenvalue weighted by Gasteiger charge is -2.36. The third-order valence-electron chi connectivity index (χ3n) is 3.48. The van der Waals surface area contributed by atoms with Gasteiger partial charge in [-0.2, -0.15) is 0 Å². The molecule has 0 fully saturated rings. The maximum Gasteiger partial charge on any atom is 0.0401 e. The van der Waals surface area contributed by atoms with Gasteiger partial charge in [-0.15, -0.1) is 0 Å². The summed E-state index contributed by atoms with van der Waals surface area (Å²) in [5, 5.41) is 0. The van der Waals surface area contributed by atoms with Gasteiger partial charge in [-0.1, -0.05) is 44.2 Å². The first-order chi connectivity index (χ1) is 7.44. The fourth-order valence-electron chi connectivity index (χ4n) is 1.80. The monoisotopic (exact) mass is 219 g/mol. The molecule has 0 heterocycles. The average Bonchev–Trinajstić information content (AvgIpc) is 2.27. The van der Waals surface area contributed by atoms with Gasteiger partial charge in [0, 0.05) is 5.54 Å². The first-order valence-electron chi connectivity index (χ1n) is 6.21. The quantitative estimate of drug-likeness (QED) is 0.726. The van der Waals surface area contributed by atoms with Crippen molar-refractivity contribution in [2.75, 3.05) is 13.6 Å². The van der Waals surface area contributed by atoms with Gasteiger partial charge in [0.25, 0.3) is 0 Å². The molecule has 0 spiro atoms. The maximum absolute atomic E-state index is 2.45. The second-order valence-electron chi connectivity index (χ2n) is 5.53. The normalized spacial score (nSPS) is 12.4. The molecule has 0 saturated carbocycles. The number of benzene rings is 1. The van der Waals surface area contributed by atoms with Crippen LogP contribution in [0.5, 0.6) is 0 Å². The van der Waals surface area contributed by atoms with Crippen molar-refractivity contribution in [1.29, 1.82) is 0 Å². The molecule has 1 heteroatoms. The molecule has 0 aliphatic rings. The minimum atomic E-state index is 0.121. The Kier molecular flexibility index (Phi) is 4.55. The van der Waals surface area contributed by atoms with Gasteiger partial charge >= 0.3 is 0 Å². The number of hydrogen-bond donors (Lipinski definition) is 0. The zero-order chi connectivity index (χ0) is 12.2. The van der Waals surface area contributed by atoms with E-state index < -0.39 is 0 Å². The van der Waals surface area contributed by atoms with Crippen molar-refractivity contribution in [3.05, 3.63) is 35.9 Å². The van der Waals surface area contributed by atoms with Crippen LogP contribution in [0.3, 0.4) is 0 Å². The third-order valence-corrected chi connectivity index (χ3v) is 3.48. The predicted octanol–water partition coefficient (Wildman–Crippen LogP) is 3.90. The van der Waals surface area contributed by atoms with Gasteiger partial charge in [-0.3, -0.25) is 4.90 Å². The van der Waals surface area contributed by atoms with Crippen LogP contribution in [0.2, 0.25) is 0 Å². The van der Waals surface area contributed by atoms with Crippen LogP contribution in [-0.2, 0) is 5.54 Å². The van der Waals surface area contributed by atoms with E-state index in [4.69, 9.17) is 0 Å². The van der Waals surface area contributed by atoms with Crippen LogP contribution in [0.25, 0.3) is 0 Å². The molecule has 0 aliphatic heterocycles. The van der Waals surface area contributed by atoms with Crippen LogP contribution >= 0.6 is 0 Å². The van der Waals surface area contributed by atoms with Gasteiger partial charge < -0.3 is 0 Å². The summed E-state index contributed by atoms with van der Waals surface area (Å²) in [6, 6.07) is 10.7. The Labute approximate surface area is 100 Å². The van der Waals surface area contributed by atoms with Crippen molar-refractivity contribution >= 4 is 0 Å². The van der Waals surface area contributed by atoms with Crippen molar-refractivity contribution < 1.29 is 0 Å². The second-order valence-corrected chi connectivity index (χ2v) is 5.53. The summed E-state index contributed by atoms with van der Waals surface area (Å²) in [5.74, 6) is 0.772. The molecule has 0 bridgehead atoms. The molecule has 0 aromatic heterocycles. The molecule has 90 valence electrons. The highest BCUT2D eigenvalue weighted by molar-refractivity contribution is 5.22. The Bertz CT molecular complexity index is 300. The van der Waals surface area contributed by atoms with E-state index in [9.17, 15) is 0 Å². The topological polar surface area (TPSA) is 3.24 Å². The number of rotatable bonds is 5. The zero-order valence-electron chi connectivity index (χ0n) is 11.3. The molecule has 0 aliphatic carbocycles. The van der Waals surface area contributed by atoms with E-state index in [1.807, 2.05) is 0 Å². The molecule has 0 radical (unpaired) electrons. The summed E-state index contributed by atoms with van der Waals surface area (Å²) >= 11 is 0. The lowest BCUT2D eigenvalue weighted by molar-refractivity contribution is 0.148. The van der Waals surface area contributed by atoms with E-state index in [-0.39, 0.29) is 5.54 Å². The predicted molar refractivity (Wildman–Crippen MR) is 71.6 cm³/mol. The Morgan fingerprint density at radius 2 is 1.69 bits per heavy atom. The van der Waals surface area contributed by atoms with E-state index in [0.717, 1.165) is 12.5 Å². The molecule has 1 aromatic rings. The summed E-state index contributed by atoms with van der Waals surface area (Å²) < 4.78 is 0. The van der Waals surface area contributed by atoms with Crippen LogP contribution in [-0.4, -0.2) is 18.5 Å². The smallest absolute Gasteiger partial charge is 0.0401 e. The maximum atomic E-state index is 2.45. The fourth-order valence-corrected chi connectivity index (χ4v) is 1.80. The molecule has 0 atom stereocenters. The van der Waals surface area contributed by atoms with Gasteiger partial charge in [0.2, 0.25) is 0 Å². The van der Waals surface area contributed by atoms with Gasteiger partial charge in [-0.05, 0) is 45.3 Å². The van der Waals surface area contributed by atoms with Crippen LogP contribution in [0.4, 0.5) is 0 Å². The summed E-state index contributed by atoms with van der Waals surface area (Å²) in [7, 11) is 2.22. The van der Waals surface area contributed by atoms with E-state index in [1.54, 1.807) is 0 Å². The Hall–Kier alpha value is -0.820. The van der Waals surface area contributed by atoms with Crippen LogP contribution < -0.4 is 0 Å². The van der Waals surface area contributed by atoms with Crippen molar-refractivity contribution in [2.24, 2.45) is 5.92 Å². The largest absolute Gasteiger partial charge is 0.297 e. The van der Waals surface area contributed by atoms with E-state index in [1.165, 1.54) is 12.0 Å². The van der Waals surface area contributed by atoms with E-state index >= 15 is 0 Å². The second kappa shape index (κ2) is 5.49. The lowest BCUT2D eigenvalue weighted by Crippen LogP contribution is -2.39. The van der Waals surface area contributed by atoms with Crippen LogP contribution in [0, 0.1) is 5.92 Å². The molecule has 0 amide bonds. The van der Waals surface area contributed by atoms with Gasteiger partial charge in [-0.25, -0.2) is 0 Å². The molecule has 0 N–H and O–H groups in total. The molecule has 0 unspecified atom stereocenters. The summed E-state index contributed by atoms with van der Waals surface area (Å²) in [6.07, 6.45) is 1.26. The van der Waals surface area contributed by atoms with E-state index in [0.29, 0.717) is 0 Å². The SMILES string of the molecule is CC(C)CCN(C)C(C)(C)c1ccccc1. The first kappa shape index (κ1) is 13.2.